The molecule has 1 heterocycles. The van der Waals surface area contributed by atoms with Gasteiger partial charge in [0.05, 0.1) is 12.7 Å². The smallest absolute Gasteiger partial charge is 0.408 e. The summed E-state index contributed by atoms with van der Waals surface area (Å²) in [6, 6.07) is 16.1. The van der Waals surface area contributed by atoms with Crippen LogP contribution in [0.5, 0.6) is 0 Å². The Hall–Kier alpha value is -3.43. The van der Waals surface area contributed by atoms with Gasteiger partial charge in [-0.25, -0.2) is 9.59 Å². The molecule has 0 aromatic heterocycles. The summed E-state index contributed by atoms with van der Waals surface area (Å²) in [5.41, 5.74) is 3.11. The summed E-state index contributed by atoms with van der Waals surface area (Å²) in [6.45, 7) is 1.74. The van der Waals surface area contributed by atoms with E-state index in [9.17, 15) is 14.4 Å². The maximum Gasteiger partial charge on any atom is 0.408 e. The maximum atomic E-state index is 13.0. The number of amides is 2. The standard InChI is InChI=1S/C25H28N2O7/c1-25(15-32-2,23(30)27-11-16(12-27)33-14-22(28)29)26-24(31)34-13-21-19-9-5-3-7-17(19)18-8-4-6-10-20(18)21/h3-10,16,21H,11-15H2,1-2H3,(H,26,31)(H,28,29). The molecular formula is C25H28N2O7. The Balaban J connectivity index is 1.37. The Morgan fingerprint density at radius 2 is 1.65 bits per heavy atom. The number of likely N-dealkylation sites (tertiary alicyclic amines) is 1. The van der Waals surface area contributed by atoms with Crippen LogP contribution in [0.2, 0.25) is 0 Å². The number of aliphatic carboxylic acids is 1. The molecule has 2 aliphatic rings. The van der Waals surface area contributed by atoms with Crippen molar-refractivity contribution in [3.63, 3.8) is 0 Å². The summed E-state index contributed by atoms with van der Waals surface area (Å²) >= 11 is 0. The van der Waals surface area contributed by atoms with Crippen LogP contribution >= 0.6 is 0 Å². The Morgan fingerprint density at radius 1 is 1.06 bits per heavy atom. The molecule has 1 fully saturated rings. The number of methoxy groups -OCH3 is 1. The number of carbonyl (C=O) groups excluding carboxylic acids is 2. The molecule has 9 heteroatoms. The highest BCUT2D eigenvalue weighted by molar-refractivity contribution is 5.90. The second kappa shape index (κ2) is 9.82. The summed E-state index contributed by atoms with van der Waals surface area (Å²) in [5.74, 6) is -1.51. The number of carboxylic acid groups (broad SMARTS) is 1. The Kier molecular flexibility index (Phi) is 6.85. The molecule has 1 aliphatic carbocycles. The number of nitrogens with one attached hydrogen (secondary N) is 1. The van der Waals surface area contributed by atoms with Gasteiger partial charge in [-0.3, -0.25) is 4.79 Å². The molecule has 0 radical (unpaired) electrons. The molecule has 2 aromatic rings. The van der Waals surface area contributed by atoms with E-state index in [1.807, 2.05) is 36.4 Å². The van der Waals surface area contributed by atoms with E-state index in [1.54, 1.807) is 6.92 Å². The van der Waals surface area contributed by atoms with Gasteiger partial charge in [0.15, 0.2) is 0 Å². The summed E-state index contributed by atoms with van der Waals surface area (Å²) < 4.78 is 16.0. The third-order valence-electron chi connectivity index (χ3n) is 6.20. The molecule has 34 heavy (non-hydrogen) atoms. The molecule has 2 aromatic carbocycles. The third kappa shape index (κ3) is 4.76. The number of nitrogens with zero attached hydrogens (tertiary/aromatic N) is 1. The molecule has 1 unspecified atom stereocenters. The normalized spacial score (nSPS) is 16.7. The number of ether oxygens (including phenoxy) is 3. The highest BCUT2D eigenvalue weighted by Crippen LogP contribution is 2.44. The molecule has 2 N–H and O–H groups in total. The van der Waals surface area contributed by atoms with Crippen molar-refractivity contribution in [1.29, 1.82) is 0 Å². The van der Waals surface area contributed by atoms with E-state index >= 15 is 0 Å². The molecule has 1 atom stereocenters. The molecule has 1 aliphatic heterocycles. The first-order chi connectivity index (χ1) is 16.3. The fourth-order valence-corrected chi connectivity index (χ4v) is 4.55. The van der Waals surface area contributed by atoms with Crippen molar-refractivity contribution < 1.29 is 33.7 Å². The molecule has 9 nitrogen and oxygen atoms in total. The van der Waals surface area contributed by atoms with Crippen LogP contribution in [-0.4, -0.2) is 79.6 Å². The molecule has 180 valence electrons. The predicted molar refractivity (Wildman–Crippen MR) is 122 cm³/mol. The van der Waals surface area contributed by atoms with Gasteiger partial charge in [-0.1, -0.05) is 48.5 Å². The third-order valence-corrected chi connectivity index (χ3v) is 6.20. The first kappa shape index (κ1) is 23.7. The first-order valence-corrected chi connectivity index (χ1v) is 11.1. The minimum absolute atomic E-state index is 0.0484. The van der Waals surface area contributed by atoms with Crippen LogP contribution in [0.4, 0.5) is 4.79 Å². The molecule has 0 bridgehead atoms. The average molecular weight is 469 g/mol. The summed E-state index contributed by atoms with van der Waals surface area (Å²) in [7, 11) is 1.44. The number of benzene rings is 2. The van der Waals surface area contributed by atoms with Gasteiger partial charge >= 0.3 is 12.1 Å². The van der Waals surface area contributed by atoms with Crippen LogP contribution in [-0.2, 0) is 23.8 Å². The topological polar surface area (TPSA) is 114 Å². The van der Waals surface area contributed by atoms with E-state index in [4.69, 9.17) is 19.3 Å². The largest absolute Gasteiger partial charge is 0.480 e. The molecular weight excluding hydrogens is 440 g/mol. The number of rotatable bonds is 9. The quantitative estimate of drug-likeness (QED) is 0.580. The Morgan fingerprint density at radius 3 is 2.21 bits per heavy atom. The van der Waals surface area contributed by atoms with Crippen molar-refractivity contribution in [2.24, 2.45) is 0 Å². The lowest BCUT2D eigenvalue weighted by atomic mass is 9.98. The summed E-state index contributed by atoms with van der Waals surface area (Å²) in [5, 5.41) is 11.4. The van der Waals surface area contributed by atoms with E-state index in [-0.39, 0.29) is 44.2 Å². The second-order valence-corrected chi connectivity index (χ2v) is 8.75. The number of carbonyl (C=O) groups is 3. The van der Waals surface area contributed by atoms with Gasteiger partial charge in [0.2, 0.25) is 0 Å². The number of alkyl carbamates (subject to hydrolysis) is 1. The van der Waals surface area contributed by atoms with Crippen LogP contribution in [0, 0.1) is 0 Å². The van der Waals surface area contributed by atoms with Crippen LogP contribution in [0.25, 0.3) is 11.1 Å². The van der Waals surface area contributed by atoms with E-state index in [0.717, 1.165) is 22.3 Å². The van der Waals surface area contributed by atoms with Gasteiger partial charge in [-0.15, -0.1) is 0 Å². The van der Waals surface area contributed by atoms with Crippen LogP contribution in [0.3, 0.4) is 0 Å². The van der Waals surface area contributed by atoms with E-state index in [0.29, 0.717) is 0 Å². The zero-order valence-corrected chi connectivity index (χ0v) is 19.2. The van der Waals surface area contributed by atoms with Crippen LogP contribution in [0.1, 0.15) is 24.0 Å². The zero-order valence-electron chi connectivity index (χ0n) is 19.2. The van der Waals surface area contributed by atoms with Crippen molar-refractivity contribution >= 4 is 18.0 Å². The summed E-state index contributed by atoms with van der Waals surface area (Å²) in [4.78, 5) is 37.9. The zero-order chi connectivity index (χ0) is 24.3. The maximum absolute atomic E-state index is 13.0. The van der Waals surface area contributed by atoms with Gasteiger partial charge in [-0.2, -0.15) is 0 Å². The van der Waals surface area contributed by atoms with Crippen molar-refractivity contribution in [1.82, 2.24) is 10.2 Å². The molecule has 4 rings (SSSR count). The molecule has 2 amide bonds. The second-order valence-electron chi connectivity index (χ2n) is 8.75. The lowest BCUT2D eigenvalue weighted by Gasteiger charge is -2.43. The SMILES string of the molecule is COCC(C)(NC(=O)OCC1c2ccccc2-c2ccccc21)C(=O)N1CC(OCC(=O)O)C1. The van der Waals surface area contributed by atoms with E-state index in [1.165, 1.54) is 12.0 Å². The monoisotopic (exact) mass is 468 g/mol. The lowest BCUT2D eigenvalue weighted by molar-refractivity contribution is -0.159. The Bertz CT molecular complexity index is 1040. The molecule has 1 saturated heterocycles. The Labute approximate surface area is 197 Å². The van der Waals surface area contributed by atoms with Crippen LogP contribution in [0.15, 0.2) is 48.5 Å². The van der Waals surface area contributed by atoms with Gasteiger partial charge in [0, 0.05) is 26.1 Å². The van der Waals surface area contributed by atoms with Crippen LogP contribution < -0.4 is 5.32 Å². The average Bonchev–Trinajstić information content (AvgIpc) is 3.10. The van der Waals surface area contributed by atoms with Crippen molar-refractivity contribution in [3.05, 3.63) is 59.7 Å². The van der Waals surface area contributed by atoms with E-state index in [2.05, 4.69) is 17.4 Å². The first-order valence-electron chi connectivity index (χ1n) is 11.1. The van der Waals surface area contributed by atoms with Gasteiger partial charge < -0.3 is 29.5 Å². The minimum Gasteiger partial charge on any atom is -0.480 e. The summed E-state index contributed by atoms with van der Waals surface area (Å²) in [6.07, 6.45) is -1.06. The fraction of sp³-hybridized carbons (Fsp3) is 0.400. The highest BCUT2D eigenvalue weighted by atomic mass is 16.6. The van der Waals surface area contributed by atoms with Gasteiger partial charge in [-0.05, 0) is 29.2 Å². The van der Waals surface area contributed by atoms with Gasteiger partial charge in [0.1, 0.15) is 18.8 Å². The predicted octanol–water partition coefficient (Wildman–Crippen LogP) is 2.24. The number of carboxylic acids is 1. The van der Waals surface area contributed by atoms with Crippen molar-refractivity contribution in [2.45, 2.75) is 24.5 Å². The van der Waals surface area contributed by atoms with Gasteiger partial charge in [0.25, 0.3) is 5.91 Å². The number of hydrogen-bond donors (Lipinski definition) is 2. The van der Waals surface area contributed by atoms with Crippen molar-refractivity contribution in [3.8, 4) is 11.1 Å². The number of fused-ring (bicyclic) bond motifs is 3. The van der Waals surface area contributed by atoms with Crippen molar-refractivity contribution in [2.75, 3.05) is 40.0 Å². The minimum atomic E-state index is -1.34. The van der Waals surface area contributed by atoms with E-state index < -0.39 is 24.2 Å². The fourth-order valence-electron chi connectivity index (χ4n) is 4.55. The highest BCUT2D eigenvalue weighted by Gasteiger charge is 2.44. The number of hydrogen-bond acceptors (Lipinski definition) is 6. The lowest BCUT2D eigenvalue weighted by Crippen LogP contribution is -2.66. The molecule has 0 saturated carbocycles. The molecule has 0 spiro atoms.